The summed E-state index contributed by atoms with van der Waals surface area (Å²) in [7, 11) is 0. The van der Waals surface area contributed by atoms with Crippen molar-refractivity contribution in [3.63, 3.8) is 0 Å². The van der Waals surface area contributed by atoms with Crippen molar-refractivity contribution in [3.8, 4) is 28.7 Å². The Bertz CT molecular complexity index is 1170. The van der Waals surface area contributed by atoms with Crippen LogP contribution in [0.3, 0.4) is 0 Å². The number of ether oxygens (including phenoxy) is 3. The third kappa shape index (κ3) is 6.51. The van der Waals surface area contributed by atoms with Gasteiger partial charge in [-0.3, -0.25) is 4.79 Å². The lowest BCUT2D eigenvalue weighted by Gasteiger charge is -2.19. The molecule has 166 valence electrons. The lowest BCUT2D eigenvalue weighted by Crippen LogP contribution is -2.12. The molecule has 0 aliphatic rings. The van der Waals surface area contributed by atoms with Gasteiger partial charge in [0.25, 0.3) is 0 Å². The number of para-hydroxylation sites is 1. The van der Waals surface area contributed by atoms with Crippen LogP contribution in [0.15, 0.2) is 103 Å². The number of carboxylic acid groups (broad SMARTS) is 1. The van der Waals surface area contributed by atoms with Gasteiger partial charge < -0.3 is 19.3 Å². The smallest absolute Gasteiger partial charge is 0.307 e. The number of halogens is 1. The number of rotatable bonds is 9. The van der Waals surface area contributed by atoms with Crippen LogP contribution in [0.5, 0.6) is 28.7 Å². The zero-order chi connectivity index (χ0) is 23.0. The molecule has 0 saturated carbocycles. The first-order chi connectivity index (χ1) is 16.0. The minimum absolute atomic E-state index is 0.179. The first-order valence-corrected chi connectivity index (χ1v) is 10.7. The van der Waals surface area contributed by atoms with Crippen molar-refractivity contribution in [2.24, 2.45) is 0 Å². The summed E-state index contributed by atoms with van der Waals surface area (Å²) in [6.45, 7) is 0. The SMILES string of the molecule is O=C(O)CC(Oc1ccc(Oc2ccc(Cl)cc2)cc1)c1ccc(Oc2ccccc2)cc1. The van der Waals surface area contributed by atoms with Gasteiger partial charge in [0.05, 0.1) is 6.42 Å². The van der Waals surface area contributed by atoms with E-state index in [0.717, 1.165) is 11.3 Å². The lowest BCUT2D eigenvalue weighted by molar-refractivity contribution is -0.138. The number of hydrogen-bond donors (Lipinski definition) is 1. The number of benzene rings is 4. The second-order valence-corrected chi connectivity index (χ2v) is 7.65. The van der Waals surface area contributed by atoms with E-state index in [4.69, 9.17) is 25.8 Å². The Morgan fingerprint density at radius 1 is 0.667 bits per heavy atom. The fourth-order valence-corrected chi connectivity index (χ4v) is 3.28. The van der Waals surface area contributed by atoms with E-state index in [9.17, 15) is 9.90 Å². The van der Waals surface area contributed by atoms with Crippen molar-refractivity contribution in [1.29, 1.82) is 0 Å². The van der Waals surface area contributed by atoms with E-state index in [2.05, 4.69) is 0 Å². The Labute approximate surface area is 196 Å². The molecule has 1 atom stereocenters. The van der Waals surface area contributed by atoms with Gasteiger partial charge >= 0.3 is 5.97 Å². The van der Waals surface area contributed by atoms with Crippen molar-refractivity contribution >= 4 is 17.6 Å². The normalized spacial score (nSPS) is 11.4. The molecule has 4 aromatic rings. The maximum absolute atomic E-state index is 11.4. The molecule has 0 fully saturated rings. The Morgan fingerprint density at radius 3 is 1.67 bits per heavy atom. The molecule has 0 heterocycles. The number of hydrogen-bond acceptors (Lipinski definition) is 4. The highest BCUT2D eigenvalue weighted by molar-refractivity contribution is 6.30. The Balaban J connectivity index is 1.44. The topological polar surface area (TPSA) is 65.0 Å². The van der Waals surface area contributed by atoms with Crippen molar-refractivity contribution in [1.82, 2.24) is 0 Å². The van der Waals surface area contributed by atoms with Gasteiger partial charge in [0, 0.05) is 5.02 Å². The van der Waals surface area contributed by atoms with Gasteiger partial charge in [0.1, 0.15) is 34.9 Å². The van der Waals surface area contributed by atoms with E-state index in [-0.39, 0.29) is 6.42 Å². The molecule has 6 heteroatoms. The monoisotopic (exact) mass is 460 g/mol. The highest BCUT2D eigenvalue weighted by atomic mass is 35.5. The molecule has 0 saturated heterocycles. The molecule has 0 bridgehead atoms. The van der Waals surface area contributed by atoms with Crippen LogP contribution in [0.4, 0.5) is 0 Å². The molecule has 0 amide bonds. The van der Waals surface area contributed by atoms with E-state index in [1.54, 1.807) is 60.7 Å². The molecule has 1 N–H and O–H groups in total. The van der Waals surface area contributed by atoms with E-state index >= 15 is 0 Å². The van der Waals surface area contributed by atoms with E-state index in [1.807, 2.05) is 42.5 Å². The van der Waals surface area contributed by atoms with Gasteiger partial charge in [-0.2, -0.15) is 0 Å². The highest BCUT2D eigenvalue weighted by Gasteiger charge is 2.18. The minimum atomic E-state index is -0.952. The third-order valence-corrected chi connectivity index (χ3v) is 4.99. The zero-order valence-electron chi connectivity index (χ0n) is 17.6. The number of aliphatic carboxylic acids is 1. The molecule has 0 aliphatic heterocycles. The van der Waals surface area contributed by atoms with E-state index < -0.39 is 12.1 Å². The maximum atomic E-state index is 11.4. The summed E-state index contributed by atoms with van der Waals surface area (Å²) >= 11 is 5.89. The van der Waals surface area contributed by atoms with Crippen LogP contribution in [0.25, 0.3) is 0 Å². The van der Waals surface area contributed by atoms with Gasteiger partial charge in [-0.25, -0.2) is 0 Å². The van der Waals surface area contributed by atoms with Crippen LogP contribution in [-0.2, 0) is 4.79 Å². The Kier molecular flexibility index (Phi) is 7.12. The third-order valence-electron chi connectivity index (χ3n) is 4.74. The average Bonchev–Trinajstić information content (AvgIpc) is 2.82. The second-order valence-electron chi connectivity index (χ2n) is 7.22. The van der Waals surface area contributed by atoms with Crippen LogP contribution < -0.4 is 14.2 Å². The van der Waals surface area contributed by atoms with Crippen LogP contribution in [-0.4, -0.2) is 11.1 Å². The van der Waals surface area contributed by atoms with Gasteiger partial charge in [0.2, 0.25) is 0 Å². The summed E-state index contributed by atoms with van der Waals surface area (Å²) in [5.74, 6) is 2.25. The molecule has 33 heavy (non-hydrogen) atoms. The molecule has 4 aromatic carbocycles. The summed E-state index contributed by atoms with van der Waals surface area (Å²) < 4.78 is 17.6. The molecule has 4 rings (SSSR count). The predicted molar refractivity (Wildman–Crippen MR) is 127 cm³/mol. The first-order valence-electron chi connectivity index (χ1n) is 10.3. The Hall–Kier alpha value is -3.96. The van der Waals surface area contributed by atoms with Crippen molar-refractivity contribution in [2.75, 3.05) is 0 Å². The van der Waals surface area contributed by atoms with Crippen LogP contribution in [0.2, 0.25) is 5.02 Å². The Morgan fingerprint density at radius 2 is 1.12 bits per heavy atom. The van der Waals surface area contributed by atoms with E-state index in [0.29, 0.717) is 28.0 Å². The highest BCUT2D eigenvalue weighted by Crippen LogP contribution is 2.30. The number of carboxylic acids is 1. The molecule has 5 nitrogen and oxygen atoms in total. The maximum Gasteiger partial charge on any atom is 0.307 e. The second kappa shape index (κ2) is 10.6. The van der Waals surface area contributed by atoms with Gasteiger partial charge in [-0.15, -0.1) is 0 Å². The van der Waals surface area contributed by atoms with Crippen molar-refractivity contribution in [2.45, 2.75) is 12.5 Å². The summed E-state index contributed by atoms with van der Waals surface area (Å²) in [5, 5.41) is 10.0. The van der Waals surface area contributed by atoms with Crippen molar-refractivity contribution in [3.05, 3.63) is 114 Å². The molecule has 0 spiro atoms. The summed E-state index contributed by atoms with van der Waals surface area (Å²) in [4.78, 5) is 11.4. The minimum Gasteiger partial charge on any atom is -0.485 e. The summed E-state index contributed by atoms with van der Waals surface area (Å²) in [6, 6.07) is 30.7. The number of carbonyl (C=O) groups is 1. The molecular weight excluding hydrogens is 440 g/mol. The van der Waals surface area contributed by atoms with E-state index in [1.165, 1.54) is 0 Å². The van der Waals surface area contributed by atoms with Crippen molar-refractivity contribution < 1.29 is 24.1 Å². The molecule has 0 radical (unpaired) electrons. The quantitative estimate of drug-likeness (QED) is 0.280. The summed E-state index contributed by atoms with van der Waals surface area (Å²) in [6.07, 6.45) is -0.835. The van der Waals surface area contributed by atoms with Crippen LogP contribution in [0, 0.1) is 0 Å². The van der Waals surface area contributed by atoms with Crippen LogP contribution in [0.1, 0.15) is 18.1 Å². The molecular formula is C27H21ClO5. The van der Waals surface area contributed by atoms with Gasteiger partial charge in [-0.1, -0.05) is 41.9 Å². The summed E-state index contributed by atoms with van der Waals surface area (Å²) in [5.41, 5.74) is 0.735. The fraction of sp³-hybridized carbons (Fsp3) is 0.0741. The average molecular weight is 461 g/mol. The molecule has 1 unspecified atom stereocenters. The van der Waals surface area contributed by atoms with Gasteiger partial charge in [0.15, 0.2) is 0 Å². The van der Waals surface area contributed by atoms with Crippen LogP contribution >= 0.6 is 11.6 Å². The zero-order valence-corrected chi connectivity index (χ0v) is 18.3. The fourth-order valence-electron chi connectivity index (χ4n) is 3.15. The molecule has 0 aromatic heterocycles. The standard InChI is InChI=1S/C27H21ClO5/c28-20-8-12-23(13-9-20)32-24-14-16-25(17-15-24)33-26(18-27(29)30)19-6-10-22(11-7-19)31-21-4-2-1-3-5-21/h1-17,26H,18H2,(H,29,30). The lowest BCUT2D eigenvalue weighted by atomic mass is 10.1. The van der Waals surface area contributed by atoms with Gasteiger partial charge in [-0.05, 0) is 78.4 Å². The largest absolute Gasteiger partial charge is 0.485 e. The molecule has 0 aliphatic carbocycles. The predicted octanol–water partition coefficient (Wildman–Crippen LogP) is 7.52. The first kappa shape index (κ1) is 22.2.